The summed E-state index contributed by atoms with van der Waals surface area (Å²) in [5, 5.41) is 3.18. The van der Waals surface area contributed by atoms with E-state index in [-0.39, 0.29) is 11.8 Å². The fourth-order valence-corrected chi connectivity index (χ4v) is 2.23. The highest BCUT2D eigenvalue weighted by molar-refractivity contribution is 5.45. The van der Waals surface area contributed by atoms with Crippen LogP contribution in [0.3, 0.4) is 0 Å². The smallest absolute Gasteiger partial charge is 0.419 e. The zero-order valence-electron chi connectivity index (χ0n) is 9.47. The van der Waals surface area contributed by atoms with Gasteiger partial charge in [-0.3, -0.25) is 0 Å². The van der Waals surface area contributed by atoms with Crippen molar-refractivity contribution in [3.63, 3.8) is 0 Å². The van der Waals surface area contributed by atoms with Gasteiger partial charge < -0.3 is 10.1 Å². The maximum Gasteiger partial charge on any atom is 0.419 e. The van der Waals surface area contributed by atoms with Gasteiger partial charge >= 0.3 is 6.18 Å². The minimum Gasteiger partial charge on any atom is -0.496 e. The Morgan fingerprint density at radius 3 is 2.65 bits per heavy atom. The van der Waals surface area contributed by atoms with Crippen molar-refractivity contribution in [1.82, 2.24) is 5.32 Å². The van der Waals surface area contributed by atoms with Gasteiger partial charge in [-0.1, -0.05) is 12.1 Å². The highest BCUT2D eigenvalue weighted by atomic mass is 19.4. The van der Waals surface area contributed by atoms with Crippen LogP contribution in [-0.4, -0.2) is 13.7 Å². The van der Waals surface area contributed by atoms with Crippen molar-refractivity contribution < 1.29 is 17.9 Å². The Hall–Kier alpha value is -1.23. The number of alkyl halides is 3. The van der Waals surface area contributed by atoms with Gasteiger partial charge in [-0.15, -0.1) is 0 Å². The molecule has 1 heterocycles. The van der Waals surface area contributed by atoms with E-state index in [9.17, 15) is 13.2 Å². The SMILES string of the molecule is COc1c(C2CCCN2)cccc1C(F)(F)F. The van der Waals surface area contributed by atoms with E-state index in [4.69, 9.17) is 4.74 Å². The molecular weight excluding hydrogens is 231 g/mol. The Balaban J connectivity index is 2.45. The largest absolute Gasteiger partial charge is 0.496 e. The molecule has 1 aromatic rings. The summed E-state index contributed by atoms with van der Waals surface area (Å²) in [5.41, 5.74) is -0.106. The lowest BCUT2D eigenvalue weighted by atomic mass is 10.0. The number of benzene rings is 1. The Kier molecular flexibility index (Phi) is 3.28. The number of para-hydroxylation sites is 1. The zero-order valence-corrected chi connectivity index (χ0v) is 9.47. The third-order valence-electron chi connectivity index (χ3n) is 2.99. The van der Waals surface area contributed by atoms with Gasteiger partial charge in [0.25, 0.3) is 0 Å². The maximum absolute atomic E-state index is 12.8. The molecule has 2 rings (SSSR count). The van der Waals surface area contributed by atoms with Gasteiger partial charge in [-0.2, -0.15) is 13.2 Å². The van der Waals surface area contributed by atoms with Crippen LogP contribution in [-0.2, 0) is 6.18 Å². The highest BCUT2D eigenvalue weighted by Gasteiger charge is 2.36. The molecule has 1 aromatic carbocycles. The van der Waals surface area contributed by atoms with Gasteiger partial charge in [-0.25, -0.2) is 0 Å². The Bertz CT molecular complexity index is 397. The molecule has 1 fully saturated rings. The maximum atomic E-state index is 12.8. The van der Waals surface area contributed by atoms with Crippen molar-refractivity contribution in [3.8, 4) is 5.75 Å². The van der Waals surface area contributed by atoms with Crippen LogP contribution in [0.2, 0.25) is 0 Å². The van der Waals surface area contributed by atoms with E-state index in [2.05, 4.69) is 5.32 Å². The summed E-state index contributed by atoms with van der Waals surface area (Å²) < 4.78 is 43.4. The molecule has 94 valence electrons. The fraction of sp³-hybridized carbons (Fsp3) is 0.500. The first-order valence-corrected chi connectivity index (χ1v) is 5.51. The summed E-state index contributed by atoms with van der Waals surface area (Å²) in [6.45, 7) is 0.837. The Morgan fingerprint density at radius 1 is 1.35 bits per heavy atom. The van der Waals surface area contributed by atoms with Gasteiger partial charge in [0, 0.05) is 11.6 Å². The number of rotatable bonds is 2. The van der Waals surface area contributed by atoms with Crippen molar-refractivity contribution in [3.05, 3.63) is 29.3 Å². The topological polar surface area (TPSA) is 21.3 Å². The van der Waals surface area contributed by atoms with Crippen molar-refractivity contribution >= 4 is 0 Å². The monoisotopic (exact) mass is 245 g/mol. The lowest BCUT2D eigenvalue weighted by molar-refractivity contribution is -0.138. The molecule has 1 unspecified atom stereocenters. The molecule has 0 aliphatic carbocycles. The molecule has 0 amide bonds. The first kappa shape index (κ1) is 12.2. The number of methoxy groups -OCH3 is 1. The molecule has 0 bridgehead atoms. The molecule has 1 N–H and O–H groups in total. The molecule has 0 spiro atoms. The molecule has 1 aliphatic heterocycles. The predicted molar refractivity (Wildman–Crippen MR) is 58.0 cm³/mol. The highest BCUT2D eigenvalue weighted by Crippen LogP contribution is 2.41. The third kappa shape index (κ3) is 2.39. The van der Waals surface area contributed by atoms with E-state index in [1.807, 2.05) is 0 Å². The second-order valence-electron chi connectivity index (χ2n) is 4.07. The van der Waals surface area contributed by atoms with Crippen LogP contribution in [0, 0.1) is 0 Å². The average Bonchev–Trinajstić information content (AvgIpc) is 2.80. The first-order valence-electron chi connectivity index (χ1n) is 5.51. The normalized spacial score (nSPS) is 20.6. The van der Waals surface area contributed by atoms with E-state index >= 15 is 0 Å². The summed E-state index contributed by atoms with van der Waals surface area (Å²) in [4.78, 5) is 0. The number of hydrogen-bond acceptors (Lipinski definition) is 2. The van der Waals surface area contributed by atoms with Gasteiger partial charge in [0.1, 0.15) is 5.75 Å². The second kappa shape index (κ2) is 4.56. The van der Waals surface area contributed by atoms with E-state index < -0.39 is 11.7 Å². The lowest BCUT2D eigenvalue weighted by Crippen LogP contribution is -2.16. The zero-order chi connectivity index (χ0) is 12.5. The summed E-state index contributed by atoms with van der Waals surface area (Å²) >= 11 is 0. The van der Waals surface area contributed by atoms with Crippen molar-refractivity contribution in [2.45, 2.75) is 25.1 Å². The van der Waals surface area contributed by atoms with Crippen LogP contribution in [0.15, 0.2) is 18.2 Å². The summed E-state index contributed by atoms with van der Waals surface area (Å²) in [7, 11) is 1.28. The Morgan fingerprint density at radius 2 is 2.12 bits per heavy atom. The van der Waals surface area contributed by atoms with Gasteiger partial charge in [0.15, 0.2) is 0 Å². The second-order valence-corrected chi connectivity index (χ2v) is 4.07. The van der Waals surface area contributed by atoms with E-state index in [1.54, 1.807) is 6.07 Å². The molecule has 1 atom stereocenters. The van der Waals surface area contributed by atoms with Crippen molar-refractivity contribution in [1.29, 1.82) is 0 Å². The van der Waals surface area contributed by atoms with Crippen LogP contribution in [0.4, 0.5) is 13.2 Å². The number of halogens is 3. The van der Waals surface area contributed by atoms with Crippen molar-refractivity contribution in [2.75, 3.05) is 13.7 Å². The molecule has 5 heteroatoms. The standard InChI is InChI=1S/C12H14F3NO/c1-17-11-8(10-6-3-7-16-10)4-2-5-9(11)12(13,14)15/h2,4-5,10,16H,3,6-7H2,1H3. The van der Waals surface area contributed by atoms with Gasteiger partial charge in [-0.05, 0) is 25.5 Å². The Labute approximate surface area is 97.8 Å². The third-order valence-corrected chi connectivity index (χ3v) is 2.99. The van der Waals surface area contributed by atoms with Crippen LogP contribution in [0.1, 0.15) is 30.0 Å². The minimum atomic E-state index is -4.38. The first-order chi connectivity index (χ1) is 8.04. The summed E-state index contributed by atoms with van der Waals surface area (Å²) in [6.07, 6.45) is -2.55. The van der Waals surface area contributed by atoms with Crippen LogP contribution in [0.5, 0.6) is 5.75 Å². The quantitative estimate of drug-likeness (QED) is 0.864. The van der Waals surface area contributed by atoms with Crippen LogP contribution in [0.25, 0.3) is 0 Å². The fourth-order valence-electron chi connectivity index (χ4n) is 2.23. The number of nitrogens with one attached hydrogen (secondary N) is 1. The summed E-state index contributed by atoms with van der Waals surface area (Å²) in [5.74, 6) is -0.0561. The minimum absolute atomic E-state index is 0.0350. The molecule has 1 aliphatic rings. The molecule has 0 saturated carbocycles. The summed E-state index contributed by atoms with van der Waals surface area (Å²) in [6, 6.07) is 4.14. The average molecular weight is 245 g/mol. The molecule has 17 heavy (non-hydrogen) atoms. The predicted octanol–water partition coefficient (Wildman–Crippen LogP) is 3.14. The number of hydrogen-bond donors (Lipinski definition) is 1. The molecular formula is C12H14F3NO. The molecule has 1 saturated heterocycles. The van der Waals surface area contributed by atoms with E-state index in [1.165, 1.54) is 13.2 Å². The van der Waals surface area contributed by atoms with Gasteiger partial charge in [0.05, 0.1) is 12.7 Å². The molecule has 0 aromatic heterocycles. The molecule has 2 nitrogen and oxygen atoms in total. The van der Waals surface area contributed by atoms with Crippen molar-refractivity contribution in [2.24, 2.45) is 0 Å². The van der Waals surface area contributed by atoms with E-state index in [0.717, 1.165) is 25.5 Å². The van der Waals surface area contributed by atoms with Crippen LogP contribution >= 0.6 is 0 Å². The molecule has 0 radical (unpaired) electrons. The number of ether oxygens (including phenoxy) is 1. The lowest BCUT2D eigenvalue weighted by Gasteiger charge is -2.19. The van der Waals surface area contributed by atoms with Gasteiger partial charge in [0.2, 0.25) is 0 Å². The van der Waals surface area contributed by atoms with E-state index in [0.29, 0.717) is 5.56 Å². The van der Waals surface area contributed by atoms with Crippen LogP contribution < -0.4 is 10.1 Å².